The number of amides is 1. The molecule has 4 heteroatoms. The van der Waals surface area contributed by atoms with E-state index in [4.69, 9.17) is 5.11 Å². The Hall–Kier alpha value is -1.84. The third-order valence-corrected chi connectivity index (χ3v) is 4.93. The average molecular weight is 287 g/mol. The van der Waals surface area contributed by atoms with Gasteiger partial charge >= 0.3 is 5.97 Å². The molecule has 0 aliphatic heterocycles. The van der Waals surface area contributed by atoms with E-state index in [9.17, 15) is 9.59 Å². The topological polar surface area (TPSA) is 66.4 Å². The molecule has 2 aliphatic rings. The standard InChI is InChI=1S/C17H21NO3/c19-16(15-9-13-3-1-2-4-14(13)15)18-10-11-5-7-12(8-6-11)17(20)21/h1-4,11-12,15H,5-10H2,(H,18,19)(H,20,21). The first-order valence-corrected chi connectivity index (χ1v) is 7.73. The van der Waals surface area contributed by atoms with Crippen LogP contribution < -0.4 is 5.32 Å². The van der Waals surface area contributed by atoms with Crippen LogP contribution in [-0.4, -0.2) is 23.5 Å². The molecule has 21 heavy (non-hydrogen) atoms. The van der Waals surface area contributed by atoms with Crippen molar-refractivity contribution in [3.63, 3.8) is 0 Å². The van der Waals surface area contributed by atoms with Gasteiger partial charge < -0.3 is 10.4 Å². The monoisotopic (exact) mass is 287 g/mol. The Kier molecular flexibility index (Phi) is 3.95. The molecular formula is C17H21NO3. The molecule has 0 saturated heterocycles. The molecule has 1 aromatic carbocycles. The first kappa shape index (κ1) is 14.1. The average Bonchev–Trinajstić information content (AvgIpc) is 2.47. The van der Waals surface area contributed by atoms with Gasteiger partial charge in [0.15, 0.2) is 0 Å². The Morgan fingerprint density at radius 2 is 1.86 bits per heavy atom. The molecule has 0 spiro atoms. The van der Waals surface area contributed by atoms with Crippen LogP contribution >= 0.6 is 0 Å². The van der Waals surface area contributed by atoms with Crippen molar-refractivity contribution in [2.75, 3.05) is 6.54 Å². The summed E-state index contributed by atoms with van der Waals surface area (Å²) in [5.41, 5.74) is 2.43. The number of carboxylic acids is 1. The molecule has 1 fully saturated rings. The summed E-state index contributed by atoms with van der Waals surface area (Å²) >= 11 is 0. The molecule has 0 heterocycles. The Labute approximate surface area is 124 Å². The smallest absolute Gasteiger partial charge is 0.306 e. The molecule has 0 radical (unpaired) electrons. The number of carboxylic acid groups (broad SMARTS) is 1. The van der Waals surface area contributed by atoms with Gasteiger partial charge in [-0.3, -0.25) is 9.59 Å². The summed E-state index contributed by atoms with van der Waals surface area (Å²) in [5, 5.41) is 12.0. The Bertz CT molecular complexity index is 547. The number of hydrogen-bond donors (Lipinski definition) is 2. The summed E-state index contributed by atoms with van der Waals surface area (Å²) in [4.78, 5) is 23.1. The zero-order valence-electron chi connectivity index (χ0n) is 12.0. The highest BCUT2D eigenvalue weighted by Gasteiger charge is 2.32. The fraction of sp³-hybridized carbons (Fsp3) is 0.529. The van der Waals surface area contributed by atoms with Crippen LogP contribution in [0.2, 0.25) is 0 Å². The summed E-state index contributed by atoms with van der Waals surface area (Å²) in [5.74, 6) is -0.301. The summed E-state index contributed by atoms with van der Waals surface area (Å²) < 4.78 is 0. The largest absolute Gasteiger partial charge is 0.481 e. The van der Waals surface area contributed by atoms with Crippen LogP contribution in [0.1, 0.15) is 42.7 Å². The van der Waals surface area contributed by atoms with E-state index >= 15 is 0 Å². The van der Waals surface area contributed by atoms with Crippen LogP contribution in [0.15, 0.2) is 24.3 Å². The van der Waals surface area contributed by atoms with Crippen LogP contribution in [0.3, 0.4) is 0 Å². The number of hydrogen-bond acceptors (Lipinski definition) is 2. The second kappa shape index (κ2) is 5.88. The highest BCUT2D eigenvalue weighted by molar-refractivity contribution is 5.86. The molecule has 1 aromatic rings. The van der Waals surface area contributed by atoms with Crippen molar-refractivity contribution < 1.29 is 14.7 Å². The molecule has 4 nitrogen and oxygen atoms in total. The van der Waals surface area contributed by atoms with Gasteiger partial charge in [-0.1, -0.05) is 24.3 Å². The summed E-state index contributed by atoms with van der Waals surface area (Å²) in [6, 6.07) is 8.09. The molecule has 1 saturated carbocycles. The molecule has 0 aromatic heterocycles. The molecular weight excluding hydrogens is 266 g/mol. The van der Waals surface area contributed by atoms with Crippen LogP contribution in [0.4, 0.5) is 0 Å². The maximum atomic E-state index is 12.2. The lowest BCUT2D eigenvalue weighted by Crippen LogP contribution is -2.38. The van der Waals surface area contributed by atoms with E-state index < -0.39 is 5.97 Å². The number of carbonyl (C=O) groups is 2. The van der Waals surface area contributed by atoms with Crippen molar-refractivity contribution in [3.05, 3.63) is 35.4 Å². The third kappa shape index (κ3) is 2.94. The molecule has 3 rings (SSSR count). The van der Waals surface area contributed by atoms with Crippen LogP contribution in [0.5, 0.6) is 0 Å². The maximum Gasteiger partial charge on any atom is 0.306 e. The molecule has 0 bridgehead atoms. The zero-order chi connectivity index (χ0) is 14.8. The van der Waals surface area contributed by atoms with E-state index in [1.807, 2.05) is 18.2 Å². The lowest BCUT2D eigenvalue weighted by Gasteiger charge is -2.30. The van der Waals surface area contributed by atoms with E-state index in [1.54, 1.807) is 0 Å². The summed E-state index contributed by atoms with van der Waals surface area (Å²) in [6.07, 6.45) is 4.12. The van der Waals surface area contributed by atoms with Gasteiger partial charge in [0.05, 0.1) is 11.8 Å². The molecule has 1 unspecified atom stereocenters. The van der Waals surface area contributed by atoms with Crippen molar-refractivity contribution in [2.45, 2.75) is 38.0 Å². The van der Waals surface area contributed by atoms with Crippen molar-refractivity contribution in [2.24, 2.45) is 11.8 Å². The van der Waals surface area contributed by atoms with Gasteiger partial charge in [0, 0.05) is 6.54 Å². The zero-order valence-corrected chi connectivity index (χ0v) is 12.0. The van der Waals surface area contributed by atoms with E-state index in [0.717, 1.165) is 37.7 Å². The van der Waals surface area contributed by atoms with Gasteiger partial charge in [-0.2, -0.15) is 0 Å². The van der Waals surface area contributed by atoms with E-state index in [2.05, 4.69) is 11.4 Å². The summed E-state index contributed by atoms with van der Waals surface area (Å²) in [6.45, 7) is 0.684. The number of benzene rings is 1. The van der Waals surface area contributed by atoms with Crippen molar-refractivity contribution in [3.8, 4) is 0 Å². The Morgan fingerprint density at radius 1 is 1.14 bits per heavy atom. The maximum absolute atomic E-state index is 12.2. The second-order valence-corrected chi connectivity index (χ2v) is 6.26. The van der Waals surface area contributed by atoms with Gasteiger partial charge in [0.2, 0.25) is 5.91 Å². The minimum absolute atomic E-state index is 0.0107. The lowest BCUT2D eigenvalue weighted by molar-refractivity contribution is -0.143. The Morgan fingerprint density at radius 3 is 2.52 bits per heavy atom. The first-order chi connectivity index (χ1) is 10.1. The fourth-order valence-electron chi connectivity index (χ4n) is 3.47. The number of carbonyl (C=O) groups excluding carboxylic acids is 1. The van der Waals surface area contributed by atoms with Gasteiger partial charge in [-0.25, -0.2) is 0 Å². The van der Waals surface area contributed by atoms with Gasteiger partial charge in [-0.05, 0) is 49.1 Å². The minimum Gasteiger partial charge on any atom is -0.481 e. The minimum atomic E-state index is -0.677. The van der Waals surface area contributed by atoms with Gasteiger partial charge in [0.25, 0.3) is 0 Å². The second-order valence-electron chi connectivity index (χ2n) is 6.26. The normalized spacial score (nSPS) is 27.3. The number of fused-ring (bicyclic) bond motifs is 1. The van der Waals surface area contributed by atoms with Crippen LogP contribution in [0, 0.1) is 11.8 Å². The highest BCUT2D eigenvalue weighted by Crippen LogP contribution is 2.35. The molecule has 2 aliphatic carbocycles. The van der Waals surface area contributed by atoms with Crippen LogP contribution in [0.25, 0.3) is 0 Å². The quantitative estimate of drug-likeness (QED) is 0.893. The van der Waals surface area contributed by atoms with Crippen molar-refractivity contribution in [1.29, 1.82) is 0 Å². The van der Waals surface area contributed by atoms with E-state index in [0.29, 0.717) is 12.5 Å². The predicted molar refractivity (Wildman–Crippen MR) is 79.0 cm³/mol. The molecule has 112 valence electrons. The van der Waals surface area contributed by atoms with E-state index in [-0.39, 0.29) is 17.7 Å². The lowest BCUT2D eigenvalue weighted by atomic mass is 9.77. The van der Waals surface area contributed by atoms with Crippen molar-refractivity contribution >= 4 is 11.9 Å². The van der Waals surface area contributed by atoms with Crippen LogP contribution in [-0.2, 0) is 16.0 Å². The molecule has 1 amide bonds. The summed E-state index contributed by atoms with van der Waals surface area (Å²) in [7, 11) is 0. The number of rotatable bonds is 4. The van der Waals surface area contributed by atoms with Gasteiger partial charge in [0.1, 0.15) is 0 Å². The predicted octanol–water partition coefficient (Wildman–Crippen LogP) is 2.33. The SMILES string of the molecule is O=C(O)C1CCC(CNC(=O)C2Cc3ccccc32)CC1. The molecule has 1 atom stereocenters. The Balaban J connectivity index is 1.45. The van der Waals surface area contributed by atoms with Crippen molar-refractivity contribution in [1.82, 2.24) is 5.32 Å². The van der Waals surface area contributed by atoms with E-state index in [1.165, 1.54) is 5.56 Å². The molecule has 2 N–H and O–H groups in total. The fourth-order valence-corrected chi connectivity index (χ4v) is 3.47. The highest BCUT2D eigenvalue weighted by atomic mass is 16.4. The number of aliphatic carboxylic acids is 1. The first-order valence-electron chi connectivity index (χ1n) is 7.73. The third-order valence-electron chi connectivity index (χ3n) is 4.93. The van der Waals surface area contributed by atoms with Gasteiger partial charge in [-0.15, -0.1) is 0 Å². The number of nitrogens with one attached hydrogen (secondary N) is 1.